The van der Waals surface area contributed by atoms with Crippen LogP contribution in [0.1, 0.15) is 37.9 Å². The van der Waals surface area contributed by atoms with Gasteiger partial charge >= 0.3 is 0 Å². The Bertz CT molecular complexity index is 286. The second kappa shape index (κ2) is 4.77. The smallest absolute Gasteiger partial charge is 0.0580 e. The molecule has 1 fully saturated rings. The molecule has 0 spiro atoms. The molecule has 1 saturated carbocycles. The minimum Gasteiger partial charge on any atom is -0.393 e. The van der Waals surface area contributed by atoms with Crippen molar-refractivity contribution in [2.75, 3.05) is 6.54 Å². The molecule has 1 aliphatic rings. The Morgan fingerprint density at radius 3 is 3.13 bits per heavy atom. The molecule has 0 aromatic carbocycles. The lowest BCUT2D eigenvalue weighted by Gasteiger charge is -2.18. The van der Waals surface area contributed by atoms with E-state index < -0.39 is 0 Å². The van der Waals surface area contributed by atoms with E-state index in [1.54, 1.807) is 6.20 Å². The van der Waals surface area contributed by atoms with Crippen molar-refractivity contribution in [3.63, 3.8) is 0 Å². The number of aromatic nitrogens is 2. The van der Waals surface area contributed by atoms with E-state index in [1.165, 1.54) is 0 Å². The van der Waals surface area contributed by atoms with Crippen molar-refractivity contribution >= 4 is 0 Å². The van der Waals surface area contributed by atoms with Gasteiger partial charge in [0.05, 0.1) is 11.8 Å². The van der Waals surface area contributed by atoms with Crippen LogP contribution in [0.25, 0.3) is 0 Å². The fraction of sp³-hybridized carbons (Fsp3) is 0.727. The molecule has 0 radical (unpaired) electrons. The normalized spacial score (nSPS) is 28.1. The highest BCUT2D eigenvalue weighted by Crippen LogP contribution is 2.25. The molecule has 1 heterocycles. The van der Waals surface area contributed by atoms with Gasteiger partial charge in [0.2, 0.25) is 0 Å². The van der Waals surface area contributed by atoms with Crippen LogP contribution in [-0.2, 0) is 0 Å². The summed E-state index contributed by atoms with van der Waals surface area (Å²) in [5.41, 5.74) is 1.10. The fourth-order valence-corrected chi connectivity index (χ4v) is 2.20. The summed E-state index contributed by atoms with van der Waals surface area (Å²) in [6.45, 7) is 3.00. The Balaban J connectivity index is 1.78. The SMILES string of the molecule is CC(NCC1CCCC1O)c1ccn[nH]1. The summed E-state index contributed by atoms with van der Waals surface area (Å²) in [6.07, 6.45) is 4.92. The fourth-order valence-electron chi connectivity index (χ4n) is 2.20. The van der Waals surface area contributed by atoms with Crippen LogP contribution in [-0.4, -0.2) is 28.0 Å². The van der Waals surface area contributed by atoms with E-state index in [-0.39, 0.29) is 12.1 Å². The summed E-state index contributed by atoms with van der Waals surface area (Å²) in [5, 5.41) is 20.0. The van der Waals surface area contributed by atoms with Crippen LogP contribution < -0.4 is 5.32 Å². The highest BCUT2D eigenvalue weighted by molar-refractivity contribution is 5.03. The van der Waals surface area contributed by atoms with E-state index in [9.17, 15) is 5.11 Å². The van der Waals surface area contributed by atoms with Gasteiger partial charge in [-0.2, -0.15) is 5.10 Å². The summed E-state index contributed by atoms with van der Waals surface area (Å²) in [7, 11) is 0. The van der Waals surface area contributed by atoms with E-state index in [2.05, 4.69) is 22.4 Å². The third kappa shape index (κ3) is 2.58. The van der Waals surface area contributed by atoms with Crippen molar-refractivity contribution in [3.8, 4) is 0 Å². The third-order valence-electron chi connectivity index (χ3n) is 3.29. The predicted molar refractivity (Wildman–Crippen MR) is 58.4 cm³/mol. The quantitative estimate of drug-likeness (QED) is 0.698. The molecule has 4 heteroatoms. The molecule has 0 bridgehead atoms. The highest BCUT2D eigenvalue weighted by Gasteiger charge is 2.25. The molecule has 1 aliphatic carbocycles. The average Bonchev–Trinajstić information content (AvgIpc) is 2.85. The second-order valence-electron chi connectivity index (χ2n) is 4.40. The number of nitrogens with zero attached hydrogens (tertiary/aromatic N) is 1. The van der Waals surface area contributed by atoms with Gasteiger partial charge in [0.15, 0.2) is 0 Å². The van der Waals surface area contributed by atoms with Crippen LogP contribution >= 0.6 is 0 Å². The van der Waals surface area contributed by atoms with Crippen LogP contribution in [0, 0.1) is 5.92 Å². The Morgan fingerprint density at radius 1 is 1.67 bits per heavy atom. The van der Waals surface area contributed by atoms with Gasteiger partial charge in [-0.05, 0) is 31.7 Å². The zero-order chi connectivity index (χ0) is 10.7. The Hall–Kier alpha value is -0.870. The summed E-state index contributed by atoms with van der Waals surface area (Å²) in [6, 6.07) is 2.25. The van der Waals surface area contributed by atoms with E-state index in [0.29, 0.717) is 5.92 Å². The Morgan fingerprint density at radius 2 is 2.53 bits per heavy atom. The van der Waals surface area contributed by atoms with Crippen LogP contribution in [0.5, 0.6) is 0 Å². The average molecular weight is 209 g/mol. The maximum atomic E-state index is 9.67. The lowest BCUT2D eigenvalue weighted by molar-refractivity contribution is 0.130. The third-order valence-corrected chi connectivity index (χ3v) is 3.29. The number of hydrogen-bond acceptors (Lipinski definition) is 3. The molecule has 4 nitrogen and oxygen atoms in total. The number of H-pyrrole nitrogens is 1. The van der Waals surface area contributed by atoms with Crippen molar-refractivity contribution in [1.29, 1.82) is 0 Å². The molecule has 84 valence electrons. The van der Waals surface area contributed by atoms with Crippen LogP contribution in [0.4, 0.5) is 0 Å². The summed E-state index contributed by atoms with van der Waals surface area (Å²) >= 11 is 0. The zero-order valence-electron chi connectivity index (χ0n) is 9.11. The van der Waals surface area contributed by atoms with E-state index >= 15 is 0 Å². The maximum Gasteiger partial charge on any atom is 0.0580 e. The molecule has 1 aromatic heterocycles. The van der Waals surface area contributed by atoms with Crippen molar-refractivity contribution in [2.45, 2.75) is 38.3 Å². The largest absolute Gasteiger partial charge is 0.393 e. The van der Waals surface area contributed by atoms with E-state index in [1.807, 2.05) is 6.07 Å². The minimum atomic E-state index is -0.105. The van der Waals surface area contributed by atoms with E-state index in [0.717, 1.165) is 31.5 Å². The molecular weight excluding hydrogens is 190 g/mol. The first-order valence-electron chi connectivity index (χ1n) is 5.68. The van der Waals surface area contributed by atoms with Gasteiger partial charge in [-0.1, -0.05) is 6.42 Å². The number of nitrogens with one attached hydrogen (secondary N) is 2. The van der Waals surface area contributed by atoms with Crippen molar-refractivity contribution in [1.82, 2.24) is 15.5 Å². The van der Waals surface area contributed by atoms with Gasteiger partial charge in [0, 0.05) is 18.8 Å². The van der Waals surface area contributed by atoms with Gasteiger partial charge in [-0.15, -0.1) is 0 Å². The molecule has 1 aromatic rings. The Kier molecular flexibility index (Phi) is 3.38. The van der Waals surface area contributed by atoms with Crippen LogP contribution in [0.3, 0.4) is 0 Å². The van der Waals surface area contributed by atoms with Crippen molar-refractivity contribution in [3.05, 3.63) is 18.0 Å². The molecular formula is C11H19N3O. The second-order valence-corrected chi connectivity index (χ2v) is 4.40. The monoisotopic (exact) mass is 209 g/mol. The first-order valence-corrected chi connectivity index (χ1v) is 5.68. The maximum absolute atomic E-state index is 9.67. The first-order chi connectivity index (χ1) is 7.27. The Labute approximate surface area is 90.1 Å². The summed E-state index contributed by atoms with van der Waals surface area (Å²) in [4.78, 5) is 0. The first kappa shape index (κ1) is 10.6. The summed E-state index contributed by atoms with van der Waals surface area (Å²) in [5.74, 6) is 0.426. The van der Waals surface area contributed by atoms with Gasteiger partial charge in [0.1, 0.15) is 0 Å². The lowest BCUT2D eigenvalue weighted by atomic mass is 10.1. The number of aromatic amines is 1. The minimum absolute atomic E-state index is 0.105. The van der Waals surface area contributed by atoms with Gasteiger partial charge < -0.3 is 10.4 Å². The van der Waals surface area contributed by atoms with Crippen molar-refractivity contribution < 1.29 is 5.11 Å². The van der Waals surface area contributed by atoms with Crippen LogP contribution in [0.15, 0.2) is 12.3 Å². The molecule has 0 aliphatic heterocycles. The van der Waals surface area contributed by atoms with Gasteiger partial charge in [-0.3, -0.25) is 5.10 Å². The van der Waals surface area contributed by atoms with Gasteiger partial charge in [0.25, 0.3) is 0 Å². The van der Waals surface area contributed by atoms with Gasteiger partial charge in [-0.25, -0.2) is 0 Å². The molecule has 0 saturated heterocycles. The topological polar surface area (TPSA) is 60.9 Å². The molecule has 3 unspecified atom stereocenters. The standard InChI is InChI=1S/C11H19N3O/c1-8(10-5-6-13-14-10)12-7-9-3-2-4-11(9)15/h5-6,8-9,11-12,15H,2-4,7H2,1H3,(H,13,14). The number of aliphatic hydroxyl groups excluding tert-OH is 1. The molecule has 2 rings (SSSR count). The molecule has 15 heavy (non-hydrogen) atoms. The molecule has 0 amide bonds. The number of hydrogen-bond donors (Lipinski definition) is 3. The highest BCUT2D eigenvalue weighted by atomic mass is 16.3. The van der Waals surface area contributed by atoms with Crippen LogP contribution in [0.2, 0.25) is 0 Å². The zero-order valence-corrected chi connectivity index (χ0v) is 9.11. The molecule has 3 N–H and O–H groups in total. The number of rotatable bonds is 4. The number of aliphatic hydroxyl groups is 1. The summed E-state index contributed by atoms with van der Waals surface area (Å²) < 4.78 is 0. The van der Waals surface area contributed by atoms with Crippen molar-refractivity contribution in [2.24, 2.45) is 5.92 Å². The lowest BCUT2D eigenvalue weighted by Crippen LogP contribution is -2.29. The molecule has 3 atom stereocenters. The predicted octanol–water partition coefficient (Wildman–Crippen LogP) is 1.22. The van der Waals surface area contributed by atoms with E-state index in [4.69, 9.17) is 0 Å².